The van der Waals surface area contributed by atoms with E-state index in [0.29, 0.717) is 0 Å². The summed E-state index contributed by atoms with van der Waals surface area (Å²) < 4.78 is 5.27. The maximum atomic E-state index is 12.5. The van der Waals surface area contributed by atoms with Crippen LogP contribution in [0.5, 0.6) is 0 Å². The molecular weight excluding hydrogens is 280 g/mol. The van der Waals surface area contributed by atoms with Crippen molar-refractivity contribution in [1.29, 1.82) is 0 Å². The number of alkyl carbamates (subject to hydrolysis) is 1. The molecule has 0 aromatic heterocycles. The molecule has 0 heterocycles. The van der Waals surface area contributed by atoms with Crippen molar-refractivity contribution in [3.8, 4) is 0 Å². The summed E-state index contributed by atoms with van der Waals surface area (Å²) in [5.74, 6) is -0.0248. The summed E-state index contributed by atoms with van der Waals surface area (Å²) in [6.07, 6.45) is 5.93. The molecule has 2 N–H and O–H groups in total. The molecule has 0 spiro atoms. The minimum absolute atomic E-state index is 0.0658. The van der Waals surface area contributed by atoms with Gasteiger partial charge in [0.2, 0.25) is 5.91 Å². The van der Waals surface area contributed by atoms with Crippen LogP contribution in [-0.4, -0.2) is 29.7 Å². The molecule has 0 radical (unpaired) electrons. The second-order valence-corrected chi connectivity index (χ2v) is 7.35. The molecular formula is C17H32N2O3. The normalized spacial score (nSPS) is 19.1. The van der Waals surface area contributed by atoms with E-state index < -0.39 is 17.7 Å². The van der Waals surface area contributed by atoms with Crippen molar-refractivity contribution in [1.82, 2.24) is 10.6 Å². The molecule has 5 nitrogen and oxygen atoms in total. The predicted molar refractivity (Wildman–Crippen MR) is 87.6 cm³/mol. The first-order valence-electron chi connectivity index (χ1n) is 8.53. The first kappa shape index (κ1) is 18.8. The molecule has 22 heavy (non-hydrogen) atoms. The van der Waals surface area contributed by atoms with Gasteiger partial charge in [0.05, 0.1) is 0 Å². The molecule has 0 saturated heterocycles. The molecule has 1 aliphatic carbocycles. The minimum atomic E-state index is -0.566. The van der Waals surface area contributed by atoms with Crippen LogP contribution in [-0.2, 0) is 9.53 Å². The second kappa shape index (κ2) is 8.39. The van der Waals surface area contributed by atoms with Crippen LogP contribution in [0.25, 0.3) is 0 Å². The standard InChI is InChI=1S/C17H32N2O3/c1-6-12(2)14(19-16(21)22-17(3,4)5)15(20)18-13-10-8-7-9-11-13/h12-14H,6-11H2,1-5H3,(H,18,20)(H,19,21)/t12?,14-/m0/s1. The molecule has 0 bridgehead atoms. The zero-order chi connectivity index (χ0) is 16.8. The largest absolute Gasteiger partial charge is 0.444 e. The van der Waals surface area contributed by atoms with E-state index in [1.54, 1.807) is 0 Å². The van der Waals surface area contributed by atoms with Crippen molar-refractivity contribution in [2.45, 2.75) is 90.8 Å². The van der Waals surface area contributed by atoms with E-state index in [2.05, 4.69) is 10.6 Å². The smallest absolute Gasteiger partial charge is 0.408 e. The van der Waals surface area contributed by atoms with E-state index in [1.807, 2.05) is 34.6 Å². The monoisotopic (exact) mass is 312 g/mol. The Morgan fingerprint density at radius 3 is 2.27 bits per heavy atom. The lowest BCUT2D eigenvalue weighted by Crippen LogP contribution is -2.53. The van der Waals surface area contributed by atoms with Crippen LogP contribution in [0.4, 0.5) is 4.79 Å². The number of hydrogen-bond donors (Lipinski definition) is 2. The highest BCUT2D eigenvalue weighted by atomic mass is 16.6. The summed E-state index contributed by atoms with van der Waals surface area (Å²) in [5.41, 5.74) is -0.566. The summed E-state index contributed by atoms with van der Waals surface area (Å²) in [4.78, 5) is 24.5. The van der Waals surface area contributed by atoms with Crippen molar-refractivity contribution < 1.29 is 14.3 Å². The third kappa shape index (κ3) is 6.67. The highest BCUT2D eigenvalue weighted by molar-refractivity contribution is 5.86. The molecule has 0 aromatic rings. The van der Waals surface area contributed by atoms with Crippen molar-refractivity contribution in [2.75, 3.05) is 0 Å². The van der Waals surface area contributed by atoms with Crippen LogP contribution in [0.1, 0.15) is 73.1 Å². The minimum Gasteiger partial charge on any atom is -0.444 e. The molecule has 1 saturated carbocycles. The van der Waals surface area contributed by atoms with E-state index in [-0.39, 0.29) is 17.9 Å². The SMILES string of the molecule is CCC(C)[C@H](NC(=O)OC(C)(C)C)C(=O)NC1CCCCC1. The Hall–Kier alpha value is -1.26. The highest BCUT2D eigenvalue weighted by Gasteiger charge is 2.29. The number of rotatable bonds is 5. The Morgan fingerprint density at radius 2 is 1.77 bits per heavy atom. The maximum absolute atomic E-state index is 12.5. The van der Waals surface area contributed by atoms with Gasteiger partial charge in [0.25, 0.3) is 0 Å². The Bertz CT molecular complexity index is 371. The lowest BCUT2D eigenvalue weighted by Gasteiger charge is -2.29. The lowest BCUT2D eigenvalue weighted by molar-refractivity contribution is -0.125. The van der Waals surface area contributed by atoms with E-state index in [4.69, 9.17) is 4.74 Å². The van der Waals surface area contributed by atoms with Crippen LogP contribution >= 0.6 is 0 Å². The van der Waals surface area contributed by atoms with Gasteiger partial charge in [-0.1, -0.05) is 39.5 Å². The molecule has 1 rings (SSSR count). The van der Waals surface area contributed by atoms with Gasteiger partial charge in [-0.25, -0.2) is 4.79 Å². The molecule has 0 aromatic carbocycles. The van der Waals surface area contributed by atoms with Gasteiger partial charge < -0.3 is 15.4 Å². The molecule has 1 unspecified atom stereocenters. The van der Waals surface area contributed by atoms with Gasteiger partial charge in [0.1, 0.15) is 11.6 Å². The highest BCUT2D eigenvalue weighted by Crippen LogP contribution is 2.18. The maximum Gasteiger partial charge on any atom is 0.408 e. The third-order valence-corrected chi connectivity index (χ3v) is 4.12. The van der Waals surface area contributed by atoms with Gasteiger partial charge in [-0.3, -0.25) is 4.79 Å². The Balaban J connectivity index is 2.62. The summed E-state index contributed by atoms with van der Waals surface area (Å²) in [5, 5.41) is 5.83. The van der Waals surface area contributed by atoms with Gasteiger partial charge in [0.15, 0.2) is 0 Å². The Kier molecular flexibility index (Phi) is 7.17. The lowest BCUT2D eigenvalue weighted by atomic mass is 9.93. The first-order valence-corrected chi connectivity index (χ1v) is 8.53. The molecule has 1 fully saturated rings. The quantitative estimate of drug-likeness (QED) is 0.818. The molecule has 1 aliphatic rings. The number of carbonyl (C=O) groups excluding carboxylic acids is 2. The third-order valence-electron chi connectivity index (χ3n) is 4.12. The average molecular weight is 312 g/mol. The fraction of sp³-hybridized carbons (Fsp3) is 0.882. The topological polar surface area (TPSA) is 67.4 Å². The Labute approximate surface area is 134 Å². The van der Waals surface area contributed by atoms with E-state index in [0.717, 1.165) is 19.3 Å². The number of nitrogens with one attached hydrogen (secondary N) is 2. The summed E-state index contributed by atoms with van der Waals surface area (Å²) >= 11 is 0. The molecule has 0 aliphatic heterocycles. The number of carbonyl (C=O) groups is 2. The average Bonchev–Trinajstić information content (AvgIpc) is 2.43. The van der Waals surface area contributed by atoms with Crippen LogP contribution in [0, 0.1) is 5.92 Å². The zero-order valence-corrected chi connectivity index (χ0v) is 14.7. The van der Waals surface area contributed by atoms with Crippen LogP contribution in [0.2, 0.25) is 0 Å². The van der Waals surface area contributed by atoms with E-state index in [9.17, 15) is 9.59 Å². The molecule has 5 heteroatoms. The number of hydrogen-bond acceptors (Lipinski definition) is 3. The fourth-order valence-corrected chi connectivity index (χ4v) is 2.67. The number of amides is 2. The van der Waals surface area contributed by atoms with Gasteiger partial charge in [-0.15, -0.1) is 0 Å². The van der Waals surface area contributed by atoms with Crippen LogP contribution < -0.4 is 10.6 Å². The Morgan fingerprint density at radius 1 is 1.18 bits per heavy atom. The fourth-order valence-electron chi connectivity index (χ4n) is 2.67. The first-order chi connectivity index (χ1) is 10.2. The zero-order valence-electron chi connectivity index (χ0n) is 14.7. The summed E-state index contributed by atoms with van der Waals surface area (Å²) in [7, 11) is 0. The van der Waals surface area contributed by atoms with Crippen molar-refractivity contribution in [3.63, 3.8) is 0 Å². The van der Waals surface area contributed by atoms with Gasteiger partial charge in [-0.2, -0.15) is 0 Å². The molecule has 128 valence electrons. The predicted octanol–water partition coefficient (Wildman–Crippen LogP) is 3.37. The van der Waals surface area contributed by atoms with Crippen molar-refractivity contribution >= 4 is 12.0 Å². The van der Waals surface area contributed by atoms with Crippen molar-refractivity contribution in [2.24, 2.45) is 5.92 Å². The second-order valence-electron chi connectivity index (χ2n) is 7.35. The van der Waals surface area contributed by atoms with Gasteiger partial charge in [0, 0.05) is 6.04 Å². The molecule has 2 amide bonds. The summed E-state index contributed by atoms with van der Waals surface area (Å²) in [6.45, 7) is 9.43. The van der Waals surface area contributed by atoms with E-state index in [1.165, 1.54) is 19.3 Å². The van der Waals surface area contributed by atoms with E-state index >= 15 is 0 Å². The van der Waals surface area contributed by atoms with Crippen LogP contribution in [0.15, 0.2) is 0 Å². The summed E-state index contributed by atoms with van der Waals surface area (Å²) in [6, 6.07) is -0.296. The number of ether oxygens (including phenoxy) is 1. The van der Waals surface area contributed by atoms with Crippen molar-refractivity contribution in [3.05, 3.63) is 0 Å². The van der Waals surface area contributed by atoms with Crippen LogP contribution in [0.3, 0.4) is 0 Å². The molecule has 2 atom stereocenters. The van der Waals surface area contributed by atoms with Gasteiger partial charge in [-0.05, 0) is 39.5 Å². The van der Waals surface area contributed by atoms with Gasteiger partial charge >= 0.3 is 6.09 Å².